The minimum Gasteiger partial charge on any atom is -0.541 e. The van der Waals surface area contributed by atoms with Crippen molar-refractivity contribution in [2.24, 2.45) is 5.16 Å². The van der Waals surface area contributed by atoms with E-state index in [0.717, 1.165) is 0 Å². The van der Waals surface area contributed by atoms with Crippen LogP contribution in [0.5, 0.6) is 0 Å². The number of carboxylic acids is 1. The Morgan fingerprint density at radius 1 is 1.61 bits per heavy atom. The van der Waals surface area contributed by atoms with E-state index < -0.39 is 18.0 Å². The fourth-order valence-corrected chi connectivity index (χ4v) is 1.61. The normalized spacial score (nSPS) is 12.9. The first kappa shape index (κ1) is 14.2. The third kappa shape index (κ3) is 3.55. The van der Waals surface area contributed by atoms with E-state index in [4.69, 9.17) is 9.94 Å². The highest BCUT2D eigenvalue weighted by molar-refractivity contribution is 7.09. The average molecular weight is 270 g/mol. The van der Waals surface area contributed by atoms with E-state index in [1.165, 1.54) is 26.3 Å². The molecule has 96 valence electrons. The summed E-state index contributed by atoms with van der Waals surface area (Å²) in [5.74, 6) is -1.92. The average Bonchev–Trinajstić information content (AvgIpc) is 2.74. The van der Waals surface area contributed by atoms with Crippen LogP contribution in [0.4, 0.5) is 0 Å². The van der Waals surface area contributed by atoms with Crippen molar-refractivity contribution in [1.29, 1.82) is 0 Å². The number of aromatic nitrogens is 1. The van der Waals surface area contributed by atoms with Crippen LogP contribution in [0.25, 0.3) is 0 Å². The first-order valence-corrected chi connectivity index (χ1v) is 5.81. The van der Waals surface area contributed by atoms with Crippen molar-refractivity contribution in [3.63, 3.8) is 0 Å². The number of aliphatic carboxylic acids is 1. The fourth-order valence-electron chi connectivity index (χ4n) is 1.01. The van der Waals surface area contributed by atoms with E-state index in [9.17, 15) is 9.59 Å². The summed E-state index contributed by atoms with van der Waals surface area (Å²) in [4.78, 5) is 30.8. The molecular formula is C9H11BN2O5S. The van der Waals surface area contributed by atoms with Crippen LogP contribution >= 0.6 is 11.3 Å². The smallest absolute Gasteiger partial charge is 0.360 e. The van der Waals surface area contributed by atoms with Crippen LogP contribution in [-0.2, 0) is 19.1 Å². The van der Waals surface area contributed by atoms with Gasteiger partial charge in [0.05, 0.1) is 5.01 Å². The predicted octanol–water partition coefficient (Wildman–Crippen LogP) is -0.263. The molecule has 0 fully saturated rings. The maximum Gasteiger partial charge on any atom is 0.360 e. The number of oxime groups is 1. The molecule has 0 radical (unpaired) electrons. The van der Waals surface area contributed by atoms with Crippen LogP contribution in [0.1, 0.15) is 17.6 Å². The van der Waals surface area contributed by atoms with E-state index in [0.29, 0.717) is 5.01 Å². The van der Waals surface area contributed by atoms with Crippen LogP contribution in [0.2, 0.25) is 0 Å². The van der Waals surface area contributed by atoms with E-state index in [2.05, 4.69) is 14.8 Å². The highest BCUT2D eigenvalue weighted by Crippen LogP contribution is 2.10. The minimum absolute atomic E-state index is 0.196. The van der Waals surface area contributed by atoms with Gasteiger partial charge < -0.3 is 14.6 Å². The monoisotopic (exact) mass is 270 g/mol. The molecule has 1 heterocycles. The van der Waals surface area contributed by atoms with E-state index in [-0.39, 0.29) is 11.4 Å². The lowest BCUT2D eigenvalue weighted by atomic mass is 10.3. The summed E-state index contributed by atoms with van der Waals surface area (Å²) >= 11 is 1.29. The summed E-state index contributed by atoms with van der Waals surface area (Å²) in [7, 11) is 1.20. The number of carbonyl (C=O) groups is 2. The molecule has 0 spiro atoms. The second-order valence-electron chi connectivity index (χ2n) is 3.27. The topological polar surface area (TPSA) is 98.1 Å². The molecule has 0 amide bonds. The summed E-state index contributed by atoms with van der Waals surface area (Å²) in [6.07, 6.45) is -0.982. The molecular weight excluding hydrogens is 259 g/mol. The van der Waals surface area contributed by atoms with Crippen molar-refractivity contribution < 1.29 is 24.2 Å². The first-order valence-electron chi connectivity index (χ1n) is 4.93. The van der Waals surface area contributed by atoms with Crippen LogP contribution in [0.3, 0.4) is 0 Å². The van der Waals surface area contributed by atoms with Crippen molar-refractivity contribution in [3.05, 3.63) is 16.1 Å². The quantitative estimate of drug-likeness (QED) is 0.449. The maximum absolute atomic E-state index is 11.1. The largest absolute Gasteiger partial charge is 0.541 e. The number of carboxylic acid groups (broad SMARTS) is 1. The molecule has 9 heteroatoms. The fraction of sp³-hybridized carbons (Fsp3) is 0.333. The Morgan fingerprint density at radius 3 is 2.72 bits per heavy atom. The first-order chi connectivity index (χ1) is 8.45. The lowest BCUT2D eigenvalue weighted by molar-refractivity contribution is -0.146. The molecule has 0 unspecified atom stereocenters. The zero-order chi connectivity index (χ0) is 13.7. The second kappa shape index (κ2) is 6.15. The van der Waals surface area contributed by atoms with Gasteiger partial charge in [0.15, 0.2) is 0 Å². The Kier molecular flexibility index (Phi) is 4.84. The molecule has 1 atom stereocenters. The van der Waals surface area contributed by atoms with Gasteiger partial charge in [-0.2, -0.15) is 0 Å². The number of nitrogens with zero attached hydrogens (tertiary/aromatic N) is 2. The van der Waals surface area contributed by atoms with Gasteiger partial charge in [-0.25, -0.2) is 14.6 Å². The summed E-state index contributed by atoms with van der Waals surface area (Å²) in [5.41, 5.74) is -0.155. The second-order valence-corrected chi connectivity index (χ2v) is 4.33. The SMILES string of the molecule is BOC(=O)[C@H](C)O/N=C(\C(=O)O)c1csc(C)n1. The Balaban J connectivity index is 2.86. The van der Waals surface area contributed by atoms with Gasteiger partial charge >= 0.3 is 20.0 Å². The summed E-state index contributed by atoms with van der Waals surface area (Å²) in [6, 6.07) is 0. The lowest BCUT2D eigenvalue weighted by Crippen LogP contribution is -2.23. The number of aryl methyl sites for hydroxylation is 1. The molecule has 18 heavy (non-hydrogen) atoms. The summed E-state index contributed by atoms with van der Waals surface area (Å²) in [5, 5.41) is 14.7. The van der Waals surface area contributed by atoms with E-state index >= 15 is 0 Å². The molecule has 0 saturated carbocycles. The van der Waals surface area contributed by atoms with Gasteiger partial charge in [0.25, 0.3) is 0 Å². The molecule has 1 rings (SSSR count). The number of hydrogen-bond acceptors (Lipinski definition) is 7. The van der Waals surface area contributed by atoms with Crippen LogP contribution in [0, 0.1) is 6.92 Å². The number of thiazole rings is 1. The lowest BCUT2D eigenvalue weighted by Gasteiger charge is -2.07. The van der Waals surface area contributed by atoms with Crippen molar-refractivity contribution in [3.8, 4) is 0 Å². The molecule has 0 aromatic carbocycles. The van der Waals surface area contributed by atoms with Crippen LogP contribution in [0.15, 0.2) is 10.5 Å². The van der Waals surface area contributed by atoms with Gasteiger partial charge in [0.1, 0.15) is 5.69 Å². The Labute approximate surface area is 108 Å². The molecule has 0 aliphatic heterocycles. The number of carbonyl (C=O) groups excluding carboxylic acids is 1. The zero-order valence-electron chi connectivity index (χ0n) is 10.0. The Morgan fingerprint density at radius 2 is 2.28 bits per heavy atom. The Bertz CT molecular complexity index is 487. The van der Waals surface area contributed by atoms with Crippen molar-refractivity contribution in [2.45, 2.75) is 20.0 Å². The molecule has 7 nitrogen and oxygen atoms in total. The Hall–Kier alpha value is -1.90. The molecule has 0 aliphatic carbocycles. The highest BCUT2D eigenvalue weighted by atomic mass is 32.1. The van der Waals surface area contributed by atoms with Gasteiger partial charge in [-0.1, -0.05) is 5.16 Å². The molecule has 0 bridgehead atoms. The summed E-state index contributed by atoms with van der Waals surface area (Å²) < 4.78 is 4.42. The van der Waals surface area contributed by atoms with Gasteiger partial charge in [0, 0.05) is 5.38 Å². The maximum atomic E-state index is 11.1. The molecule has 1 aromatic heterocycles. The number of hydrogen-bond donors (Lipinski definition) is 1. The van der Waals surface area contributed by atoms with E-state index in [1.54, 1.807) is 12.3 Å². The molecule has 1 aromatic rings. The van der Waals surface area contributed by atoms with Crippen LogP contribution < -0.4 is 0 Å². The van der Waals surface area contributed by atoms with Gasteiger partial charge in [-0.3, -0.25) is 0 Å². The van der Waals surface area contributed by atoms with Crippen molar-refractivity contribution >= 4 is 37.0 Å². The predicted molar refractivity (Wildman–Crippen MR) is 66.2 cm³/mol. The standard InChI is InChI=1S/C9H11BN2O5S/c1-4(9(15)16-10)17-12-7(8(13)14)6-3-18-5(2)11-6/h3-4H,10H2,1-2H3,(H,13,14)/b12-7-/t4-/m0/s1. The van der Waals surface area contributed by atoms with Gasteiger partial charge in [-0.05, 0) is 13.8 Å². The van der Waals surface area contributed by atoms with Gasteiger partial charge in [0.2, 0.25) is 11.8 Å². The molecule has 0 aliphatic rings. The summed E-state index contributed by atoms with van der Waals surface area (Å²) in [6.45, 7) is 3.15. The third-order valence-corrected chi connectivity index (χ3v) is 2.67. The van der Waals surface area contributed by atoms with Crippen LogP contribution in [-0.4, -0.2) is 41.9 Å². The third-order valence-electron chi connectivity index (χ3n) is 1.90. The zero-order valence-corrected chi connectivity index (χ0v) is 10.9. The van der Waals surface area contributed by atoms with E-state index in [1.807, 2.05) is 0 Å². The van der Waals surface area contributed by atoms with Gasteiger partial charge in [-0.15, -0.1) is 11.3 Å². The van der Waals surface area contributed by atoms with Crippen molar-refractivity contribution in [2.75, 3.05) is 0 Å². The highest BCUT2D eigenvalue weighted by Gasteiger charge is 2.19. The number of rotatable bonds is 5. The minimum atomic E-state index is -1.28. The molecule has 1 N–H and O–H groups in total. The van der Waals surface area contributed by atoms with Crippen molar-refractivity contribution in [1.82, 2.24) is 4.98 Å². The molecule has 0 saturated heterocycles.